The van der Waals surface area contributed by atoms with E-state index in [1.807, 2.05) is 24.3 Å². The van der Waals surface area contributed by atoms with Crippen molar-refractivity contribution in [3.63, 3.8) is 0 Å². The molecule has 3 aromatic rings. The molecule has 0 aliphatic rings. The highest BCUT2D eigenvalue weighted by Crippen LogP contribution is 2.29. The fourth-order valence-corrected chi connectivity index (χ4v) is 2.59. The Morgan fingerprint density at radius 3 is 2.42 bits per heavy atom. The van der Waals surface area contributed by atoms with Gasteiger partial charge in [-0.05, 0) is 36.4 Å². The molecule has 1 aromatic heterocycles. The normalized spacial score (nSPS) is 10.7. The van der Waals surface area contributed by atoms with Crippen LogP contribution < -0.4 is 9.47 Å². The van der Waals surface area contributed by atoms with Crippen molar-refractivity contribution in [1.82, 2.24) is 15.0 Å². The van der Waals surface area contributed by atoms with Gasteiger partial charge >= 0.3 is 0 Å². The van der Waals surface area contributed by atoms with Gasteiger partial charge in [-0.15, -0.1) is 16.7 Å². The summed E-state index contributed by atoms with van der Waals surface area (Å²) in [4.78, 5) is 0. The molecule has 0 radical (unpaired) electrons. The lowest BCUT2D eigenvalue weighted by atomic mass is 10.1. The summed E-state index contributed by atoms with van der Waals surface area (Å²) in [6.07, 6.45) is 0. The molecule has 5 nitrogen and oxygen atoms in total. The lowest BCUT2D eigenvalue weighted by Crippen LogP contribution is -2.01. The largest absolute Gasteiger partial charge is 0.497 e. The molecule has 0 amide bonds. The minimum absolute atomic E-state index is 0.169. The summed E-state index contributed by atoms with van der Waals surface area (Å²) in [7, 11) is 3.02. The number of hydrogen-bond acceptors (Lipinski definition) is 4. The smallest absolute Gasteiger partial charge is 0.167 e. The van der Waals surface area contributed by atoms with Gasteiger partial charge in [-0.2, -0.15) is 0 Å². The molecule has 0 spiro atoms. The molecule has 0 aliphatic carbocycles. The predicted octanol–water partition coefficient (Wildman–Crippen LogP) is 3.83. The van der Waals surface area contributed by atoms with E-state index in [1.54, 1.807) is 23.9 Å². The average molecular weight is 348 g/mol. The third kappa shape index (κ3) is 2.92. The third-order valence-corrected chi connectivity index (χ3v) is 3.86. The summed E-state index contributed by atoms with van der Waals surface area (Å²) in [5.74, 6) is 0.627. The van der Waals surface area contributed by atoms with E-state index < -0.39 is 5.82 Å². The van der Waals surface area contributed by atoms with Gasteiger partial charge in [0.25, 0.3) is 0 Å². The van der Waals surface area contributed by atoms with Crippen molar-refractivity contribution in [1.29, 1.82) is 0 Å². The van der Waals surface area contributed by atoms with E-state index in [9.17, 15) is 4.39 Å². The Morgan fingerprint density at radius 1 is 1.08 bits per heavy atom. The SMILES string of the molecule is COc1ccc(-c2c(CCl)nnn2-c2ccc(OC)c(F)c2)cc1. The Kier molecular flexibility index (Phi) is 4.66. The van der Waals surface area contributed by atoms with Crippen LogP contribution in [0.15, 0.2) is 42.5 Å². The number of methoxy groups -OCH3 is 2. The summed E-state index contributed by atoms with van der Waals surface area (Å²) in [5.41, 5.74) is 2.70. The molecule has 124 valence electrons. The second kappa shape index (κ2) is 6.88. The van der Waals surface area contributed by atoms with Gasteiger partial charge in [-0.1, -0.05) is 5.21 Å². The molecule has 7 heteroatoms. The van der Waals surface area contributed by atoms with Crippen LogP contribution in [0, 0.1) is 5.82 Å². The number of nitrogens with zero attached hydrogens (tertiary/aromatic N) is 3. The fraction of sp³-hybridized carbons (Fsp3) is 0.176. The quantitative estimate of drug-likeness (QED) is 0.658. The first-order valence-electron chi connectivity index (χ1n) is 7.16. The fourth-order valence-electron chi connectivity index (χ4n) is 2.41. The molecule has 3 rings (SSSR count). The average Bonchev–Trinajstić information content (AvgIpc) is 3.05. The van der Waals surface area contributed by atoms with Crippen LogP contribution in [-0.4, -0.2) is 29.2 Å². The van der Waals surface area contributed by atoms with Crippen LogP contribution >= 0.6 is 11.6 Å². The molecule has 0 aliphatic heterocycles. The highest BCUT2D eigenvalue weighted by Gasteiger charge is 2.17. The van der Waals surface area contributed by atoms with Crippen LogP contribution in [0.3, 0.4) is 0 Å². The van der Waals surface area contributed by atoms with E-state index in [1.165, 1.54) is 13.2 Å². The summed E-state index contributed by atoms with van der Waals surface area (Å²) in [5, 5.41) is 8.21. The van der Waals surface area contributed by atoms with Crippen molar-refractivity contribution >= 4 is 11.6 Å². The highest BCUT2D eigenvalue weighted by molar-refractivity contribution is 6.17. The molecule has 0 fully saturated rings. The molecular weight excluding hydrogens is 333 g/mol. The molecule has 2 aromatic carbocycles. The molecule has 0 unspecified atom stereocenters. The van der Waals surface area contributed by atoms with Crippen molar-refractivity contribution in [2.24, 2.45) is 0 Å². The van der Waals surface area contributed by atoms with Gasteiger partial charge in [0.1, 0.15) is 11.4 Å². The number of aromatic nitrogens is 3. The van der Waals surface area contributed by atoms with E-state index in [-0.39, 0.29) is 11.6 Å². The molecule has 1 heterocycles. The number of rotatable bonds is 5. The van der Waals surface area contributed by atoms with E-state index in [0.717, 1.165) is 11.3 Å². The lowest BCUT2D eigenvalue weighted by molar-refractivity contribution is 0.386. The Hall–Kier alpha value is -2.60. The lowest BCUT2D eigenvalue weighted by Gasteiger charge is -2.10. The first-order chi connectivity index (χ1) is 11.7. The molecule has 24 heavy (non-hydrogen) atoms. The van der Waals surface area contributed by atoms with Crippen molar-refractivity contribution in [3.05, 3.63) is 54.0 Å². The van der Waals surface area contributed by atoms with Crippen LogP contribution in [0.25, 0.3) is 16.9 Å². The van der Waals surface area contributed by atoms with Gasteiger partial charge in [-0.3, -0.25) is 0 Å². The Morgan fingerprint density at radius 2 is 1.83 bits per heavy atom. The van der Waals surface area contributed by atoms with E-state index in [0.29, 0.717) is 17.1 Å². The minimum atomic E-state index is -0.474. The van der Waals surface area contributed by atoms with Crippen LogP contribution in [0.1, 0.15) is 5.69 Å². The summed E-state index contributed by atoms with van der Waals surface area (Å²) in [6.45, 7) is 0. The van der Waals surface area contributed by atoms with E-state index >= 15 is 0 Å². The third-order valence-electron chi connectivity index (χ3n) is 3.61. The summed E-state index contributed by atoms with van der Waals surface area (Å²) < 4.78 is 25.7. The van der Waals surface area contributed by atoms with Crippen LogP contribution in [-0.2, 0) is 5.88 Å². The van der Waals surface area contributed by atoms with Gasteiger partial charge in [0, 0.05) is 11.6 Å². The second-order valence-electron chi connectivity index (χ2n) is 4.98. The number of halogens is 2. The molecular formula is C17H15ClFN3O2. The maximum Gasteiger partial charge on any atom is 0.167 e. The number of alkyl halides is 1. The maximum absolute atomic E-state index is 14.0. The van der Waals surface area contributed by atoms with Crippen molar-refractivity contribution in [3.8, 4) is 28.4 Å². The Balaban J connectivity index is 2.12. The highest BCUT2D eigenvalue weighted by atomic mass is 35.5. The first kappa shape index (κ1) is 16.3. The maximum atomic E-state index is 14.0. The first-order valence-corrected chi connectivity index (χ1v) is 7.70. The number of hydrogen-bond donors (Lipinski definition) is 0. The number of ether oxygens (including phenoxy) is 2. The van der Waals surface area contributed by atoms with Crippen molar-refractivity contribution in [2.75, 3.05) is 14.2 Å². The topological polar surface area (TPSA) is 49.2 Å². The molecule has 0 saturated carbocycles. The van der Waals surface area contributed by atoms with E-state index in [2.05, 4.69) is 10.3 Å². The van der Waals surface area contributed by atoms with Crippen molar-refractivity contribution in [2.45, 2.75) is 5.88 Å². The minimum Gasteiger partial charge on any atom is -0.497 e. The van der Waals surface area contributed by atoms with Gasteiger partial charge in [0.2, 0.25) is 0 Å². The standard InChI is InChI=1S/C17H15ClFN3O2/c1-23-13-6-3-11(4-7-13)17-15(10-18)20-21-22(17)12-5-8-16(24-2)14(19)9-12/h3-9H,10H2,1-2H3. The zero-order valence-electron chi connectivity index (χ0n) is 13.2. The summed E-state index contributed by atoms with van der Waals surface area (Å²) >= 11 is 5.99. The summed E-state index contributed by atoms with van der Waals surface area (Å²) in [6, 6.07) is 12.0. The molecule has 0 bridgehead atoms. The van der Waals surface area contributed by atoms with Crippen LogP contribution in [0.4, 0.5) is 4.39 Å². The zero-order chi connectivity index (χ0) is 17.1. The van der Waals surface area contributed by atoms with Gasteiger partial charge in [0.15, 0.2) is 11.6 Å². The predicted molar refractivity (Wildman–Crippen MR) is 89.4 cm³/mol. The monoisotopic (exact) mass is 347 g/mol. The molecule has 0 N–H and O–H groups in total. The second-order valence-corrected chi connectivity index (χ2v) is 5.24. The van der Waals surface area contributed by atoms with E-state index in [4.69, 9.17) is 21.1 Å². The van der Waals surface area contributed by atoms with Crippen LogP contribution in [0.2, 0.25) is 0 Å². The molecule has 0 atom stereocenters. The zero-order valence-corrected chi connectivity index (χ0v) is 13.9. The van der Waals surface area contributed by atoms with Gasteiger partial charge in [0.05, 0.1) is 31.5 Å². The van der Waals surface area contributed by atoms with Gasteiger partial charge < -0.3 is 9.47 Å². The van der Waals surface area contributed by atoms with Crippen molar-refractivity contribution < 1.29 is 13.9 Å². The molecule has 0 saturated heterocycles. The Bertz CT molecular complexity index is 850. The number of benzene rings is 2. The Labute approximate surface area is 143 Å². The van der Waals surface area contributed by atoms with Gasteiger partial charge in [-0.25, -0.2) is 9.07 Å². The van der Waals surface area contributed by atoms with Crippen LogP contribution in [0.5, 0.6) is 11.5 Å².